The number of carbonyl (C=O) groups excluding carboxylic acids is 1. The van der Waals surface area contributed by atoms with Crippen LogP contribution in [0.25, 0.3) is 0 Å². The van der Waals surface area contributed by atoms with E-state index in [4.69, 9.17) is 15.6 Å². The zero-order chi connectivity index (χ0) is 23.5. The third kappa shape index (κ3) is 7.97. The summed E-state index contributed by atoms with van der Waals surface area (Å²) in [5, 5.41) is 9.91. The van der Waals surface area contributed by atoms with Crippen LogP contribution < -0.4 is 11.1 Å². The third-order valence-electron chi connectivity index (χ3n) is 5.20. The molecule has 32 heavy (non-hydrogen) atoms. The summed E-state index contributed by atoms with van der Waals surface area (Å²) in [6, 6.07) is 10.1. The lowest BCUT2D eigenvalue weighted by Crippen LogP contribution is -2.39. The van der Waals surface area contributed by atoms with Crippen LogP contribution in [-0.4, -0.2) is 48.1 Å². The Morgan fingerprint density at radius 3 is 2.31 bits per heavy atom. The predicted octanol–water partition coefficient (Wildman–Crippen LogP) is 3.02. The molecule has 9 heteroatoms. The number of nitrogens with two attached hydrogens (primary N) is 1. The fourth-order valence-electron chi connectivity index (χ4n) is 3.71. The van der Waals surface area contributed by atoms with Crippen LogP contribution in [0.4, 0.5) is 13.2 Å². The van der Waals surface area contributed by atoms with Crippen molar-refractivity contribution in [3.63, 3.8) is 0 Å². The van der Waals surface area contributed by atoms with Crippen molar-refractivity contribution in [3.8, 4) is 0 Å². The second-order valence-electron chi connectivity index (χ2n) is 7.67. The first-order valence-electron chi connectivity index (χ1n) is 10.4. The molecule has 0 bridgehead atoms. The summed E-state index contributed by atoms with van der Waals surface area (Å²) < 4.78 is 40.2. The van der Waals surface area contributed by atoms with E-state index in [1.165, 1.54) is 0 Å². The largest absolute Gasteiger partial charge is 0.483 e. The monoisotopic (exact) mass is 451 g/mol. The number of nitrogens with zero attached hydrogens (tertiary/aromatic N) is 1. The first-order chi connectivity index (χ1) is 15.3. The summed E-state index contributed by atoms with van der Waals surface area (Å²) in [5.41, 5.74) is 6.95. The topological polar surface area (TPSA) is 95.7 Å². The molecule has 0 spiro atoms. The molecule has 3 rings (SSSR count). The second kappa shape index (κ2) is 12.8. The second-order valence-corrected chi connectivity index (χ2v) is 7.67. The molecule has 174 valence electrons. The average Bonchev–Trinajstić information content (AvgIpc) is 3.26. The number of likely N-dealkylation sites (tertiary alicyclic amines) is 1. The minimum Gasteiger partial charge on any atom is -0.483 e. The standard InChI is InChI=1S/C22H26F3N3O.CH2O2/c23-18-13-20(25)19(24)11-16(18)10-17(26)12-22(29)27-21(14-28-8-4-5-9-28)15-6-2-1-3-7-15;2-1-3/h1-3,6-7,11,13,17,21H,4-5,8-10,12,14,26H2,(H,27,29);1H,(H,2,3)/t17-,21+;/m1./s1. The lowest BCUT2D eigenvalue weighted by Gasteiger charge is -2.25. The zero-order valence-electron chi connectivity index (χ0n) is 17.6. The van der Waals surface area contributed by atoms with Crippen LogP contribution in [0.15, 0.2) is 42.5 Å². The molecule has 2 atom stereocenters. The van der Waals surface area contributed by atoms with E-state index in [2.05, 4.69) is 10.2 Å². The van der Waals surface area contributed by atoms with Crippen molar-refractivity contribution in [2.45, 2.75) is 37.8 Å². The Bertz CT molecular complexity index is 878. The number of hydrogen-bond donors (Lipinski definition) is 3. The van der Waals surface area contributed by atoms with Gasteiger partial charge in [-0.1, -0.05) is 30.3 Å². The van der Waals surface area contributed by atoms with Crippen molar-refractivity contribution in [2.24, 2.45) is 5.73 Å². The number of rotatable bonds is 8. The molecular formula is C23H28F3N3O3. The smallest absolute Gasteiger partial charge is 0.290 e. The van der Waals surface area contributed by atoms with Crippen LogP contribution in [0.3, 0.4) is 0 Å². The van der Waals surface area contributed by atoms with Gasteiger partial charge in [0.1, 0.15) is 5.82 Å². The lowest BCUT2D eigenvalue weighted by atomic mass is 10.0. The Morgan fingerprint density at radius 1 is 1.09 bits per heavy atom. The minimum atomic E-state index is -1.25. The first-order valence-corrected chi connectivity index (χ1v) is 10.4. The van der Waals surface area contributed by atoms with Gasteiger partial charge in [-0.25, -0.2) is 13.2 Å². The van der Waals surface area contributed by atoms with E-state index < -0.39 is 23.5 Å². The number of halogens is 3. The van der Waals surface area contributed by atoms with E-state index >= 15 is 0 Å². The van der Waals surface area contributed by atoms with Crippen LogP contribution in [0, 0.1) is 17.5 Å². The van der Waals surface area contributed by atoms with Crippen molar-refractivity contribution < 1.29 is 27.9 Å². The van der Waals surface area contributed by atoms with Gasteiger partial charge in [-0.15, -0.1) is 0 Å². The van der Waals surface area contributed by atoms with Crippen LogP contribution in [-0.2, 0) is 16.0 Å². The summed E-state index contributed by atoms with van der Waals surface area (Å²) >= 11 is 0. The number of carboxylic acid groups (broad SMARTS) is 1. The summed E-state index contributed by atoms with van der Waals surface area (Å²) in [4.78, 5) is 23.2. The maximum atomic E-state index is 13.8. The van der Waals surface area contributed by atoms with E-state index in [1.807, 2.05) is 30.3 Å². The van der Waals surface area contributed by atoms with Crippen molar-refractivity contribution in [2.75, 3.05) is 19.6 Å². The molecule has 1 fully saturated rings. The molecule has 2 aromatic carbocycles. The van der Waals surface area contributed by atoms with E-state index in [0.717, 1.165) is 37.6 Å². The van der Waals surface area contributed by atoms with Gasteiger partial charge < -0.3 is 21.1 Å². The van der Waals surface area contributed by atoms with Gasteiger partial charge in [0.25, 0.3) is 6.47 Å². The van der Waals surface area contributed by atoms with Crippen molar-refractivity contribution in [3.05, 3.63) is 71.0 Å². The highest BCUT2D eigenvalue weighted by Crippen LogP contribution is 2.19. The molecule has 1 aliphatic heterocycles. The van der Waals surface area contributed by atoms with Crippen molar-refractivity contribution in [1.29, 1.82) is 0 Å². The van der Waals surface area contributed by atoms with E-state index in [1.54, 1.807) is 0 Å². The number of benzene rings is 2. The SMILES string of the molecule is N[C@@H](CC(=O)N[C@@H](CN1CCCC1)c1ccccc1)Cc1cc(F)c(F)cc1F.O=CO. The summed E-state index contributed by atoms with van der Waals surface area (Å²) in [6.07, 6.45) is 2.21. The summed E-state index contributed by atoms with van der Waals surface area (Å²) in [6.45, 7) is 2.48. The van der Waals surface area contributed by atoms with Gasteiger partial charge in [0.15, 0.2) is 11.6 Å². The molecular weight excluding hydrogens is 423 g/mol. The van der Waals surface area contributed by atoms with E-state index in [9.17, 15) is 18.0 Å². The molecule has 2 aromatic rings. The van der Waals surface area contributed by atoms with Gasteiger partial charge >= 0.3 is 0 Å². The molecule has 0 aromatic heterocycles. The zero-order valence-corrected chi connectivity index (χ0v) is 17.6. The molecule has 1 heterocycles. The van der Waals surface area contributed by atoms with Gasteiger partial charge in [0.2, 0.25) is 5.91 Å². The van der Waals surface area contributed by atoms with Gasteiger partial charge in [-0.2, -0.15) is 0 Å². The molecule has 0 aliphatic carbocycles. The maximum absolute atomic E-state index is 13.8. The summed E-state index contributed by atoms with van der Waals surface area (Å²) in [5.74, 6) is -3.50. The van der Waals surface area contributed by atoms with Gasteiger partial charge in [-0.05, 0) is 49.5 Å². The lowest BCUT2D eigenvalue weighted by molar-refractivity contribution is -0.123. The van der Waals surface area contributed by atoms with Gasteiger partial charge in [0.05, 0.1) is 6.04 Å². The molecule has 0 saturated carbocycles. The normalized spacial score (nSPS) is 15.4. The highest BCUT2D eigenvalue weighted by atomic mass is 19.2. The average molecular weight is 451 g/mol. The minimum absolute atomic E-state index is 0.0399. The van der Waals surface area contributed by atoms with Crippen LogP contribution >= 0.6 is 0 Å². The van der Waals surface area contributed by atoms with Crippen molar-refractivity contribution >= 4 is 12.4 Å². The first kappa shape index (κ1) is 25.4. The highest BCUT2D eigenvalue weighted by Gasteiger charge is 2.22. The maximum Gasteiger partial charge on any atom is 0.290 e. The van der Waals surface area contributed by atoms with Crippen LogP contribution in [0.2, 0.25) is 0 Å². The molecule has 0 unspecified atom stereocenters. The Kier molecular flexibility index (Phi) is 10.2. The Morgan fingerprint density at radius 2 is 1.69 bits per heavy atom. The Hall–Kier alpha value is -2.91. The fourth-order valence-corrected chi connectivity index (χ4v) is 3.71. The number of carbonyl (C=O) groups is 2. The van der Waals surface area contributed by atoms with Crippen LogP contribution in [0.1, 0.15) is 36.4 Å². The number of nitrogens with one attached hydrogen (secondary N) is 1. The molecule has 1 amide bonds. The van der Waals surface area contributed by atoms with Gasteiger partial charge in [-0.3, -0.25) is 9.59 Å². The van der Waals surface area contributed by atoms with E-state index in [0.29, 0.717) is 12.6 Å². The molecule has 4 N–H and O–H groups in total. The summed E-state index contributed by atoms with van der Waals surface area (Å²) in [7, 11) is 0. The van der Waals surface area contributed by atoms with Crippen LogP contribution in [0.5, 0.6) is 0 Å². The molecule has 1 aliphatic rings. The molecule has 0 radical (unpaired) electrons. The third-order valence-corrected chi connectivity index (χ3v) is 5.20. The Balaban J connectivity index is 0.00000114. The van der Waals surface area contributed by atoms with Crippen molar-refractivity contribution in [1.82, 2.24) is 10.2 Å². The Labute approximate surface area is 185 Å². The molecule has 1 saturated heterocycles. The fraction of sp³-hybridized carbons (Fsp3) is 0.391. The van der Waals surface area contributed by atoms with E-state index in [-0.39, 0.29) is 36.8 Å². The number of amides is 1. The number of hydrogen-bond acceptors (Lipinski definition) is 4. The predicted molar refractivity (Wildman–Crippen MR) is 114 cm³/mol. The highest BCUT2D eigenvalue weighted by molar-refractivity contribution is 5.77. The molecule has 6 nitrogen and oxygen atoms in total. The quantitative estimate of drug-likeness (QED) is 0.424. The van der Waals surface area contributed by atoms with Gasteiger partial charge in [0, 0.05) is 25.1 Å².